The fourth-order valence-corrected chi connectivity index (χ4v) is 7.67. The van der Waals surface area contributed by atoms with Crippen LogP contribution in [0.15, 0.2) is 83.8 Å². The Labute approximate surface area is 228 Å². The van der Waals surface area contributed by atoms with Crippen LogP contribution in [0, 0.1) is 5.92 Å². The van der Waals surface area contributed by atoms with E-state index < -0.39 is 21.7 Å². The highest BCUT2D eigenvalue weighted by Crippen LogP contribution is 2.40. The number of fused-ring (bicyclic) bond motifs is 1. The number of hydroxylamine groups is 1. The molecule has 3 aromatic rings. The van der Waals surface area contributed by atoms with Crippen LogP contribution in [0.25, 0.3) is 11.1 Å². The number of piperidine rings is 1. The van der Waals surface area contributed by atoms with Crippen LogP contribution in [0.3, 0.4) is 0 Å². The third kappa shape index (κ3) is 5.41. The Morgan fingerprint density at radius 1 is 1.00 bits per heavy atom. The molecule has 2 saturated heterocycles. The van der Waals surface area contributed by atoms with Gasteiger partial charge in [0.25, 0.3) is 11.8 Å². The van der Waals surface area contributed by atoms with Crippen LogP contribution in [0.5, 0.6) is 5.75 Å². The second kappa shape index (κ2) is 11.6. The topological polar surface area (TPSA) is 131 Å². The third-order valence-corrected chi connectivity index (χ3v) is 9.80. The van der Waals surface area contributed by atoms with Crippen molar-refractivity contribution >= 4 is 27.4 Å². The lowest BCUT2D eigenvalue weighted by atomic mass is 9.91. The number of benzene rings is 3. The van der Waals surface area contributed by atoms with Gasteiger partial charge in [0.1, 0.15) is 11.8 Å². The molecule has 0 saturated carbocycles. The Kier molecular flexibility index (Phi) is 8.41. The molecule has 10 heteroatoms. The summed E-state index contributed by atoms with van der Waals surface area (Å²) in [5, 5.41) is 9.42. The first-order chi connectivity index (χ1) is 18.3. The zero-order valence-corrected chi connectivity index (χ0v) is 22.5. The van der Waals surface area contributed by atoms with Crippen molar-refractivity contribution in [1.82, 2.24) is 14.7 Å². The van der Waals surface area contributed by atoms with E-state index in [1.807, 2.05) is 54.6 Å². The first-order valence-corrected chi connectivity index (χ1v) is 14.2. The average molecular weight is 552 g/mol. The van der Waals surface area contributed by atoms with Gasteiger partial charge in [-0.25, -0.2) is 14.0 Å². The molecule has 3 aromatic carbocycles. The molecule has 1 unspecified atom stereocenters. The highest BCUT2D eigenvalue weighted by Gasteiger charge is 2.50. The van der Waals surface area contributed by atoms with Crippen LogP contribution in [-0.4, -0.2) is 74.1 Å². The predicted molar refractivity (Wildman–Crippen MR) is 150 cm³/mol. The van der Waals surface area contributed by atoms with Crippen molar-refractivity contribution < 1.29 is 29.2 Å². The quantitative estimate of drug-likeness (QED) is 0.276. The highest BCUT2D eigenvalue weighted by atomic mass is 32.2. The van der Waals surface area contributed by atoms with Gasteiger partial charge < -0.3 is 15.1 Å². The van der Waals surface area contributed by atoms with Crippen LogP contribution in [0.2, 0.25) is 0 Å². The number of amides is 2. The number of carbonyl (C=O) groups is 2. The van der Waals surface area contributed by atoms with Gasteiger partial charge in [-0.15, -0.1) is 0 Å². The van der Waals surface area contributed by atoms with E-state index in [0.29, 0.717) is 42.1 Å². The van der Waals surface area contributed by atoms with E-state index in [0.717, 1.165) is 11.1 Å². The van der Waals surface area contributed by atoms with Crippen LogP contribution >= 0.6 is 0 Å². The molecule has 0 bridgehead atoms. The molecule has 0 spiro atoms. The van der Waals surface area contributed by atoms with Crippen LogP contribution < -0.4 is 10.2 Å². The van der Waals surface area contributed by atoms with E-state index in [4.69, 9.17) is 4.74 Å². The predicted octanol–water partition coefficient (Wildman–Crippen LogP) is 2.64. The van der Waals surface area contributed by atoms with Crippen LogP contribution in [0.1, 0.15) is 23.2 Å². The van der Waals surface area contributed by atoms with Crippen molar-refractivity contribution in [3.8, 4) is 16.9 Å². The zero-order valence-electron chi connectivity index (χ0n) is 21.7. The standard InChI is InChI=1S/C29H31N3O5S.H2O/c1-37-24-12-14-25(15-13-24)38(2,36)32-26(28(33)30-35)18-23-16-17-31(19-27(23)32)29(34)22-10-8-21(9-11-22)20-6-4-3-5-7-20;/h3-15,23,26-27,35H,2,16-19H2,1H3,(H,30,33);1H2/t23-,26-,27-,38?;/m0./s1. The molecular weight excluding hydrogens is 518 g/mol. The summed E-state index contributed by atoms with van der Waals surface area (Å²) in [4.78, 5) is 28.4. The van der Waals surface area contributed by atoms with Gasteiger partial charge in [-0.05, 0) is 72.2 Å². The number of methoxy groups -OCH3 is 1. The summed E-state index contributed by atoms with van der Waals surface area (Å²) < 4.78 is 21.0. The molecule has 0 radical (unpaired) electrons. The van der Waals surface area contributed by atoms with Crippen LogP contribution in [0.4, 0.5) is 0 Å². The van der Waals surface area contributed by atoms with Gasteiger partial charge in [-0.3, -0.25) is 14.8 Å². The molecule has 206 valence electrons. The molecule has 2 fully saturated rings. The molecule has 2 aliphatic rings. The highest BCUT2D eigenvalue weighted by molar-refractivity contribution is 7.98. The van der Waals surface area contributed by atoms with E-state index in [1.54, 1.807) is 46.1 Å². The minimum atomic E-state index is -3.12. The van der Waals surface area contributed by atoms with Crippen molar-refractivity contribution in [2.75, 3.05) is 20.2 Å². The number of carbonyl (C=O) groups excluding carboxylic acids is 2. The number of nitrogens with zero attached hydrogens (tertiary/aromatic N) is 2. The molecule has 4 N–H and O–H groups in total. The second-order valence-corrected chi connectivity index (χ2v) is 11.9. The SMILES string of the molecule is C=S(=O)(c1ccc(OC)cc1)N1[C@H](C(=O)NO)C[C@@H]2CCN(C(=O)c3ccc(-c4ccccc4)cc3)C[C@@H]21.O. The van der Waals surface area contributed by atoms with E-state index in [1.165, 1.54) is 0 Å². The summed E-state index contributed by atoms with van der Waals surface area (Å²) in [5.41, 5.74) is 4.40. The van der Waals surface area contributed by atoms with Crippen molar-refractivity contribution in [3.63, 3.8) is 0 Å². The van der Waals surface area contributed by atoms with Gasteiger partial charge in [0.05, 0.1) is 16.8 Å². The van der Waals surface area contributed by atoms with Crippen molar-refractivity contribution in [2.24, 2.45) is 5.92 Å². The van der Waals surface area contributed by atoms with E-state index in [-0.39, 0.29) is 23.3 Å². The van der Waals surface area contributed by atoms with E-state index >= 15 is 0 Å². The Morgan fingerprint density at radius 3 is 2.26 bits per heavy atom. The van der Waals surface area contributed by atoms with Gasteiger partial charge in [-0.1, -0.05) is 42.5 Å². The fraction of sp³-hybridized carbons (Fsp3) is 0.276. The number of ether oxygens (including phenoxy) is 1. The molecule has 4 atom stereocenters. The first kappa shape index (κ1) is 28.3. The number of rotatable bonds is 6. The molecular formula is C29H33N3O6S. The van der Waals surface area contributed by atoms with Crippen molar-refractivity contribution in [2.45, 2.75) is 29.8 Å². The largest absolute Gasteiger partial charge is 0.497 e. The third-order valence-electron chi connectivity index (χ3n) is 7.59. The van der Waals surface area contributed by atoms with Crippen molar-refractivity contribution in [1.29, 1.82) is 0 Å². The molecule has 0 aromatic heterocycles. The Morgan fingerprint density at radius 2 is 1.64 bits per heavy atom. The monoisotopic (exact) mass is 551 g/mol. The maximum absolute atomic E-state index is 14.2. The van der Waals surface area contributed by atoms with E-state index in [9.17, 15) is 19.0 Å². The summed E-state index contributed by atoms with van der Waals surface area (Å²) >= 11 is 0. The molecule has 5 rings (SSSR count). The van der Waals surface area contributed by atoms with Gasteiger partial charge in [0.15, 0.2) is 0 Å². The second-order valence-electron chi connectivity index (χ2n) is 9.71. The molecule has 9 nitrogen and oxygen atoms in total. The summed E-state index contributed by atoms with van der Waals surface area (Å²) in [7, 11) is -1.57. The summed E-state index contributed by atoms with van der Waals surface area (Å²) in [6, 6.07) is 23.0. The van der Waals surface area contributed by atoms with Gasteiger partial charge in [-0.2, -0.15) is 0 Å². The van der Waals surface area contributed by atoms with Gasteiger partial charge >= 0.3 is 0 Å². The molecule has 0 aliphatic carbocycles. The number of hydrogen-bond donors (Lipinski definition) is 2. The summed E-state index contributed by atoms with van der Waals surface area (Å²) in [5.74, 6) is 3.95. The Balaban J connectivity index is 0.00000353. The lowest BCUT2D eigenvalue weighted by molar-refractivity contribution is -0.132. The molecule has 2 heterocycles. The van der Waals surface area contributed by atoms with Crippen molar-refractivity contribution in [3.05, 3.63) is 84.4 Å². The minimum Gasteiger partial charge on any atom is -0.497 e. The van der Waals surface area contributed by atoms with Gasteiger partial charge in [0.2, 0.25) is 0 Å². The van der Waals surface area contributed by atoms with Crippen LogP contribution in [-0.2, 0) is 14.5 Å². The zero-order chi connectivity index (χ0) is 26.9. The van der Waals surface area contributed by atoms with E-state index in [2.05, 4.69) is 5.87 Å². The summed E-state index contributed by atoms with van der Waals surface area (Å²) in [6.07, 6.45) is 1.08. The lowest BCUT2D eigenvalue weighted by Crippen LogP contribution is -2.54. The maximum Gasteiger partial charge on any atom is 0.261 e. The van der Waals surface area contributed by atoms with Gasteiger partial charge in [0, 0.05) is 29.6 Å². The fourth-order valence-electron chi connectivity index (χ4n) is 5.60. The summed E-state index contributed by atoms with van der Waals surface area (Å²) in [6.45, 7) is 0.838. The Hall–Kier alpha value is -3.70. The number of nitrogens with one attached hydrogen (secondary N) is 1. The Bertz CT molecular complexity index is 1410. The number of likely N-dealkylation sites (tertiary alicyclic amines) is 1. The lowest BCUT2D eigenvalue weighted by Gasteiger charge is -2.40. The average Bonchev–Trinajstić information content (AvgIpc) is 3.37. The molecule has 2 amide bonds. The maximum atomic E-state index is 14.2. The number of hydrogen-bond acceptors (Lipinski definition) is 5. The normalized spacial score (nSPS) is 22.2. The molecule has 2 aliphatic heterocycles. The molecule has 39 heavy (non-hydrogen) atoms. The minimum absolute atomic E-state index is 0. The first-order valence-electron chi connectivity index (χ1n) is 12.5. The smallest absolute Gasteiger partial charge is 0.261 e.